The van der Waals surface area contributed by atoms with Gasteiger partial charge in [0.05, 0.1) is 6.54 Å². The summed E-state index contributed by atoms with van der Waals surface area (Å²) >= 11 is 1.80. The summed E-state index contributed by atoms with van der Waals surface area (Å²) < 4.78 is 5.83. The van der Waals surface area contributed by atoms with E-state index in [0.717, 1.165) is 51.0 Å². The van der Waals surface area contributed by atoms with Gasteiger partial charge in [-0.1, -0.05) is 26.0 Å². The van der Waals surface area contributed by atoms with Crippen molar-refractivity contribution in [2.75, 3.05) is 33.3 Å². The zero-order valence-corrected chi connectivity index (χ0v) is 17.7. The molecule has 6 heteroatoms. The molecule has 0 spiro atoms. The van der Waals surface area contributed by atoms with Crippen LogP contribution in [0.2, 0.25) is 0 Å². The van der Waals surface area contributed by atoms with Crippen LogP contribution >= 0.6 is 11.3 Å². The summed E-state index contributed by atoms with van der Waals surface area (Å²) in [5, 5.41) is 6.70. The molecule has 5 nitrogen and oxygen atoms in total. The zero-order chi connectivity index (χ0) is 19.5. The third-order valence-electron chi connectivity index (χ3n) is 4.40. The van der Waals surface area contributed by atoms with Gasteiger partial charge in [-0.25, -0.2) is 0 Å². The molecule has 2 rings (SSSR count). The fourth-order valence-electron chi connectivity index (χ4n) is 2.69. The summed E-state index contributed by atoms with van der Waals surface area (Å²) in [5.41, 5.74) is 1.20. The van der Waals surface area contributed by atoms with Crippen molar-refractivity contribution in [1.29, 1.82) is 0 Å². The number of nitrogens with zero attached hydrogens (tertiary/aromatic N) is 2. The maximum atomic E-state index is 5.83. The van der Waals surface area contributed by atoms with Crippen molar-refractivity contribution in [3.8, 4) is 5.75 Å². The molecule has 2 aromatic rings. The number of ether oxygens (including phenoxy) is 1. The quantitative estimate of drug-likeness (QED) is 0.482. The van der Waals surface area contributed by atoms with Crippen molar-refractivity contribution in [1.82, 2.24) is 15.5 Å². The summed E-state index contributed by atoms with van der Waals surface area (Å²) in [4.78, 5) is 9.28. The molecule has 27 heavy (non-hydrogen) atoms. The van der Waals surface area contributed by atoms with Crippen LogP contribution in [-0.2, 0) is 13.1 Å². The lowest BCUT2D eigenvalue weighted by Crippen LogP contribution is -2.36. The molecule has 1 heterocycles. The summed E-state index contributed by atoms with van der Waals surface area (Å²) in [6, 6.07) is 12.5. The van der Waals surface area contributed by atoms with E-state index in [4.69, 9.17) is 4.74 Å². The van der Waals surface area contributed by atoms with Gasteiger partial charge in [0.2, 0.25) is 0 Å². The van der Waals surface area contributed by atoms with E-state index < -0.39 is 0 Å². The summed E-state index contributed by atoms with van der Waals surface area (Å²) in [7, 11) is 1.79. The average molecular weight is 389 g/mol. The Morgan fingerprint density at radius 3 is 2.33 bits per heavy atom. The molecule has 0 unspecified atom stereocenters. The van der Waals surface area contributed by atoms with E-state index in [-0.39, 0.29) is 0 Å². The van der Waals surface area contributed by atoms with Gasteiger partial charge in [0.25, 0.3) is 0 Å². The highest BCUT2D eigenvalue weighted by molar-refractivity contribution is 7.11. The van der Waals surface area contributed by atoms with Gasteiger partial charge < -0.3 is 20.3 Å². The molecule has 0 aliphatic carbocycles. The van der Waals surface area contributed by atoms with Gasteiger partial charge in [-0.3, -0.25) is 4.99 Å². The van der Waals surface area contributed by atoms with Crippen LogP contribution in [0.3, 0.4) is 0 Å². The molecule has 0 fully saturated rings. The molecule has 0 aliphatic heterocycles. The highest BCUT2D eigenvalue weighted by Crippen LogP contribution is 2.14. The first-order valence-electron chi connectivity index (χ1n) is 9.58. The number of hydrogen-bond acceptors (Lipinski definition) is 4. The number of hydrogen-bond donors (Lipinski definition) is 2. The fraction of sp³-hybridized carbons (Fsp3) is 0.476. The lowest BCUT2D eigenvalue weighted by molar-refractivity contribution is 0.223. The molecule has 148 valence electrons. The van der Waals surface area contributed by atoms with E-state index in [1.54, 1.807) is 18.4 Å². The van der Waals surface area contributed by atoms with Gasteiger partial charge in [0, 0.05) is 29.9 Å². The van der Waals surface area contributed by atoms with Crippen molar-refractivity contribution in [2.24, 2.45) is 4.99 Å². The summed E-state index contributed by atoms with van der Waals surface area (Å²) in [5.74, 6) is 1.72. The highest BCUT2D eigenvalue weighted by Gasteiger charge is 2.02. The maximum absolute atomic E-state index is 5.83. The number of nitrogens with one attached hydrogen (secondary N) is 2. The second-order valence-corrected chi connectivity index (χ2v) is 7.68. The minimum Gasteiger partial charge on any atom is -0.492 e. The van der Waals surface area contributed by atoms with Crippen LogP contribution in [0.1, 0.15) is 29.2 Å². The first-order valence-corrected chi connectivity index (χ1v) is 10.4. The molecule has 2 N–H and O–H groups in total. The van der Waals surface area contributed by atoms with E-state index >= 15 is 0 Å². The van der Waals surface area contributed by atoms with Crippen LogP contribution in [0.4, 0.5) is 0 Å². The number of aryl methyl sites for hydroxylation is 1. The van der Waals surface area contributed by atoms with Gasteiger partial charge in [0.15, 0.2) is 5.96 Å². The number of benzene rings is 1. The van der Waals surface area contributed by atoms with E-state index in [1.165, 1.54) is 15.3 Å². The third kappa shape index (κ3) is 7.61. The Labute approximate surface area is 167 Å². The zero-order valence-electron chi connectivity index (χ0n) is 16.9. The van der Waals surface area contributed by atoms with E-state index in [9.17, 15) is 0 Å². The molecule has 0 saturated heterocycles. The standard InChI is InChI=1S/C21H32N4OS/c1-5-25(6-2)13-14-26-19-10-8-18(9-11-19)15-23-21(22-4)24-16-20-12-7-17(3)27-20/h7-12H,5-6,13-16H2,1-4H3,(H2,22,23,24). The Balaban J connectivity index is 1.73. The second kappa shape index (κ2) is 11.6. The Morgan fingerprint density at radius 2 is 1.74 bits per heavy atom. The van der Waals surface area contributed by atoms with E-state index in [0.29, 0.717) is 0 Å². The lowest BCUT2D eigenvalue weighted by Gasteiger charge is -2.18. The Morgan fingerprint density at radius 1 is 1.04 bits per heavy atom. The number of guanidine groups is 1. The third-order valence-corrected chi connectivity index (χ3v) is 5.40. The van der Waals surface area contributed by atoms with Gasteiger partial charge >= 0.3 is 0 Å². The molecular formula is C21H32N4OS. The molecular weight excluding hydrogens is 356 g/mol. The smallest absolute Gasteiger partial charge is 0.191 e. The van der Waals surface area contributed by atoms with Crippen LogP contribution in [0, 0.1) is 6.92 Å². The van der Waals surface area contributed by atoms with Gasteiger partial charge in [-0.15, -0.1) is 11.3 Å². The number of thiophene rings is 1. The Bertz CT molecular complexity index is 692. The minimum absolute atomic E-state index is 0.720. The number of rotatable bonds is 10. The predicted molar refractivity (Wildman–Crippen MR) is 116 cm³/mol. The summed E-state index contributed by atoms with van der Waals surface area (Å²) in [6.07, 6.45) is 0. The molecule has 1 aromatic heterocycles. The molecule has 0 radical (unpaired) electrons. The first kappa shape index (κ1) is 21.3. The van der Waals surface area contributed by atoms with Crippen LogP contribution in [-0.4, -0.2) is 44.1 Å². The van der Waals surface area contributed by atoms with Gasteiger partial charge in [0.1, 0.15) is 12.4 Å². The average Bonchev–Trinajstić information content (AvgIpc) is 3.11. The molecule has 0 saturated carbocycles. The topological polar surface area (TPSA) is 48.9 Å². The van der Waals surface area contributed by atoms with Crippen molar-refractivity contribution in [3.05, 3.63) is 51.7 Å². The van der Waals surface area contributed by atoms with Crippen LogP contribution in [0.25, 0.3) is 0 Å². The molecule has 0 atom stereocenters. The highest BCUT2D eigenvalue weighted by atomic mass is 32.1. The van der Waals surface area contributed by atoms with Crippen molar-refractivity contribution < 1.29 is 4.74 Å². The molecule has 0 amide bonds. The number of likely N-dealkylation sites (N-methyl/N-ethyl adjacent to an activating group) is 1. The first-order chi connectivity index (χ1) is 13.1. The van der Waals surface area contributed by atoms with E-state index in [1.807, 2.05) is 12.1 Å². The second-order valence-electron chi connectivity index (χ2n) is 6.31. The Kier molecular flexibility index (Phi) is 9.15. The fourth-order valence-corrected chi connectivity index (χ4v) is 3.52. The van der Waals surface area contributed by atoms with Gasteiger partial charge in [-0.2, -0.15) is 0 Å². The monoisotopic (exact) mass is 388 g/mol. The predicted octanol–water partition coefficient (Wildman–Crippen LogP) is 3.64. The maximum Gasteiger partial charge on any atom is 0.191 e. The lowest BCUT2D eigenvalue weighted by atomic mass is 10.2. The minimum atomic E-state index is 0.720. The molecule has 1 aromatic carbocycles. The van der Waals surface area contributed by atoms with Crippen LogP contribution in [0.15, 0.2) is 41.4 Å². The van der Waals surface area contributed by atoms with Crippen molar-refractivity contribution >= 4 is 17.3 Å². The van der Waals surface area contributed by atoms with Crippen LogP contribution < -0.4 is 15.4 Å². The molecule has 0 bridgehead atoms. The SMILES string of the molecule is CCN(CC)CCOc1ccc(CNC(=NC)NCc2ccc(C)s2)cc1. The van der Waals surface area contributed by atoms with Crippen molar-refractivity contribution in [3.63, 3.8) is 0 Å². The number of aliphatic imine (C=N–C) groups is 1. The van der Waals surface area contributed by atoms with Gasteiger partial charge in [-0.05, 0) is 49.8 Å². The summed E-state index contributed by atoms with van der Waals surface area (Å²) in [6.45, 7) is 11.8. The molecule has 0 aliphatic rings. The normalized spacial score (nSPS) is 11.7. The largest absolute Gasteiger partial charge is 0.492 e. The Hall–Kier alpha value is -2.05. The van der Waals surface area contributed by atoms with E-state index in [2.05, 4.69) is 65.6 Å². The van der Waals surface area contributed by atoms with Crippen molar-refractivity contribution in [2.45, 2.75) is 33.9 Å². The van der Waals surface area contributed by atoms with Crippen LogP contribution in [0.5, 0.6) is 5.75 Å².